The molecule has 0 spiro atoms. The van der Waals surface area contributed by atoms with Crippen molar-refractivity contribution in [2.75, 3.05) is 5.32 Å². The fourth-order valence-electron chi connectivity index (χ4n) is 1.31. The number of nitrogens with one attached hydrogen (secondary N) is 1. The minimum absolute atomic E-state index is 0.211. The molecule has 18 heavy (non-hydrogen) atoms. The van der Waals surface area contributed by atoms with E-state index in [1.165, 1.54) is 18.2 Å². The Morgan fingerprint density at radius 1 is 1.33 bits per heavy atom. The minimum atomic E-state index is -0.387. The predicted molar refractivity (Wildman–Crippen MR) is 76.3 cm³/mol. The van der Waals surface area contributed by atoms with Crippen LogP contribution < -0.4 is 5.32 Å². The first-order valence-corrected chi connectivity index (χ1v) is 6.41. The molecule has 0 saturated heterocycles. The van der Waals surface area contributed by atoms with Crippen molar-refractivity contribution in [1.29, 1.82) is 0 Å². The summed E-state index contributed by atoms with van der Waals surface area (Å²) in [5, 5.41) is 2.89. The van der Waals surface area contributed by atoms with Crippen molar-refractivity contribution in [3.8, 4) is 0 Å². The summed E-state index contributed by atoms with van der Waals surface area (Å²) < 4.78 is 13.5. The number of aromatic nitrogens is 1. The lowest BCUT2D eigenvalue weighted by Crippen LogP contribution is -2.14. The third kappa shape index (κ3) is 3.17. The third-order valence-electron chi connectivity index (χ3n) is 2.13. The highest BCUT2D eigenvalue weighted by atomic mass is 127. The summed E-state index contributed by atoms with van der Waals surface area (Å²) in [5.41, 5.74) is 0.742. The molecule has 3 nitrogen and oxygen atoms in total. The number of hydrogen-bond acceptors (Lipinski definition) is 2. The minimum Gasteiger partial charge on any atom is -0.320 e. The van der Waals surface area contributed by atoms with E-state index in [0.717, 1.165) is 0 Å². The highest BCUT2D eigenvalue weighted by Crippen LogP contribution is 2.19. The number of pyridine rings is 1. The molecular formula is C12H7ClFIN2O. The molecule has 0 radical (unpaired) electrons. The highest BCUT2D eigenvalue weighted by Gasteiger charge is 2.10. The Morgan fingerprint density at radius 3 is 2.78 bits per heavy atom. The van der Waals surface area contributed by atoms with Gasteiger partial charge in [-0.1, -0.05) is 17.7 Å². The van der Waals surface area contributed by atoms with Gasteiger partial charge >= 0.3 is 0 Å². The first-order valence-electron chi connectivity index (χ1n) is 4.95. The first-order chi connectivity index (χ1) is 8.56. The van der Waals surface area contributed by atoms with Crippen molar-refractivity contribution in [3.63, 3.8) is 0 Å². The number of anilines is 1. The standard InChI is InChI=1S/C12H7ClFIN2O/c13-11-3-1-2-10(16-11)12(18)17-9-5-4-7(14)6-8(9)15/h1-6H,(H,17,18). The summed E-state index contributed by atoms with van der Waals surface area (Å²) >= 11 is 7.65. The molecule has 1 N–H and O–H groups in total. The Balaban J connectivity index is 2.21. The second-order valence-electron chi connectivity index (χ2n) is 3.42. The van der Waals surface area contributed by atoms with Crippen LogP contribution in [0, 0.1) is 9.39 Å². The summed E-state index contributed by atoms with van der Waals surface area (Å²) in [6.45, 7) is 0. The van der Waals surface area contributed by atoms with E-state index in [1.807, 2.05) is 22.6 Å². The monoisotopic (exact) mass is 376 g/mol. The van der Waals surface area contributed by atoms with Crippen molar-refractivity contribution in [3.05, 3.63) is 56.6 Å². The normalized spacial score (nSPS) is 10.2. The molecule has 0 saturated carbocycles. The average Bonchev–Trinajstić information content (AvgIpc) is 2.32. The Morgan fingerprint density at radius 2 is 2.11 bits per heavy atom. The molecule has 2 aromatic rings. The highest BCUT2D eigenvalue weighted by molar-refractivity contribution is 14.1. The number of carbonyl (C=O) groups excluding carboxylic acids is 1. The predicted octanol–water partition coefficient (Wildman–Crippen LogP) is 3.73. The van der Waals surface area contributed by atoms with Crippen LogP contribution in [-0.4, -0.2) is 10.9 Å². The lowest BCUT2D eigenvalue weighted by molar-refractivity contribution is 0.102. The van der Waals surface area contributed by atoms with E-state index in [0.29, 0.717) is 9.26 Å². The number of nitrogens with zero attached hydrogens (tertiary/aromatic N) is 1. The van der Waals surface area contributed by atoms with Crippen LogP contribution >= 0.6 is 34.2 Å². The molecule has 1 aromatic carbocycles. The lowest BCUT2D eigenvalue weighted by Gasteiger charge is -2.07. The molecule has 0 bridgehead atoms. The summed E-state index contributed by atoms with van der Waals surface area (Å²) in [6, 6.07) is 8.89. The molecule has 6 heteroatoms. The van der Waals surface area contributed by atoms with Crippen LogP contribution in [0.25, 0.3) is 0 Å². The van der Waals surface area contributed by atoms with Crippen molar-refractivity contribution < 1.29 is 9.18 Å². The lowest BCUT2D eigenvalue weighted by atomic mass is 10.3. The van der Waals surface area contributed by atoms with Gasteiger partial charge in [-0.25, -0.2) is 9.37 Å². The molecule has 1 aromatic heterocycles. The van der Waals surface area contributed by atoms with Crippen LogP contribution in [0.1, 0.15) is 10.5 Å². The van der Waals surface area contributed by atoms with Crippen molar-refractivity contribution in [2.45, 2.75) is 0 Å². The van der Waals surface area contributed by atoms with Gasteiger partial charge in [-0.05, 0) is 52.9 Å². The molecule has 92 valence electrons. The fourth-order valence-corrected chi connectivity index (χ4v) is 2.09. The molecule has 1 heterocycles. The Kier molecular flexibility index (Phi) is 4.13. The number of hydrogen-bond donors (Lipinski definition) is 1. The fraction of sp³-hybridized carbons (Fsp3) is 0. The van der Waals surface area contributed by atoms with Gasteiger partial charge in [0.2, 0.25) is 0 Å². The van der Waals surface area contributed by atoms with Crippen LogP contribution in [0.3, 0.4) is 0 Å². The summed E-state index contributed by atoms with van der Waals surface area (Å²) in [7, 11) is 0. The van der Waals surface area contributed by atoms with E-state index in [-0.39, 0.29) is 22.6 Å². The number of amides is 1. The van der Waals surface area contributed by atoms with E-state index >= 15 is 0 Å². The van der Waals surface area contributed by atoms with Crippen LogP contribution in [-0.2, 0) is 0 Å². The SMILES string of the molecule is O=C(Nc1ccc(F)cc1I)c1cccc(Cl)n1. The molecule has 0 fully saturated rings. The first kappa shape index (κ1) is 13.2. The summed E-state index contributed by atoms with van der Waals surface area (Å²) in [6.07, 6.45) is 0. The van der Waals surface area contributed by atoms with Gasteiger partial charge in [-0.15, -0.1) is 0 Å². The maximum absolute atomic E-state index is 12.9. The molecule has 1 amide bonds. The zero-order valence-corrected chi connectivity index (χ0v) is 11.9. The molecule has 0 atom stereocenters. The zero-order chi connectivity index (χ0) is 13.1. The Hall–Kier alpha value is -1.21. The Bertz CT molecular complexity index is 606. The molecule has 0 aliphatic rings. The van der Waals surface area contributed by atoms with Gasteiger partial charge in [0.05, 0.1) is 5.69 Å². The molecule has 0 unspecified atom stereocenters. The third-order valence-corrected chi connectivity index (χ3v) is 3.23. The van der Waals surface area contributed by atoms with E-state index in [9.17, 15) is 9.18 Å². The van der Waals surface area contributed by atoms with Gasteiger partial charge in [0.25, 0.3) is 5.91 Å². The maximum Gasteiger partial charge on any atom is 0.274 e. The van der Waals surface area contributed by atoms with Crippen molar-refractivity contribution >= 4 is 45.8 Å². The van der Waals surface area contributed by atoms with E-state index in [4.69, 9.17) is 11.6 Å². The average molecular weight is 377 g/mol. The van der Waals surface area contributed by atoms with Crippen LogP contribution in [0.2, 0.25) is 5.15 Å². The van der Waals surface area contributed by atoms with Crippen LogP contribution in [0.4, 0.5) is 10.1 Å². The van der Waals surface area contributed by atoms with Gasteiger partial charge in [-0.3, -0.25) is 4.79 Å². The topological polar surface area (TPSA) is 42.0 Å². The number of rotatable bonds is 2. The van der Waals surface area contributed by atoms with Crippen LogP contribution in [0.15, 0.2) is 36.4 Å². The van der Waals surface area contributed by atoms with Gasteiger partial charge in [0.15, 0.2) is 0 Å². The number of halogens is 3. The maximum atomic E-state index is 12.9. The van der Waals surface area contributed by atoms with Gasteiger partial charge in [0, 0.05) is 3.57 Å². The van der Waals surface area contributed by atoms with Crippen molar-refractivity contribution in [1.82, 2.24) is 4.98 Å². The van der Waals surface area contributed by atoms with Gasteiger partial charge in [0.1, 0.15) is 16.7 Å². The van der Waals surface area contributed by atoms with E-state index in [2.05, 4.69) is 10.3 Å². The molecule has 2 rings (SSSR count). The van der Waals surface area contributed by atoms with E-state index < -0.39 is 0 Å². The summed E-state index contributed by atoms with van der Waals surface area (Å²) in [4.78, 5) is 15.8. The van der Waals surface area contributed by atoms with Gasteiger partial charge in [-0.2, -0.15) is 0 Å². The second kappa shape index (κ2) is 5.62. The molecule has 0 aliphatic heterocycles. The smallest absolute Gasteiger partial charge is 0.274 e. The van der Waals surface area contributed by atoms with Gasteiger partial charge < -0.3 is 5.32 Å². The molecular weight excluding hydrogens is 370 g/mol. The van der Waals surface area contributed by atoms with Crippen molar-refractivity contribution in [2.24, 2.45) is 0 Å². The number of carbonyl (C=O) groups is 1. The number of benzene rings is 1. The molecule has 0 aliphatic carbocycles. The largest absolute Gasteiger partial charge is 0.320 e. The van der Waals surface area contributed by atoms with E-state index in [1.54, 1.807) is 18.2 Å². The Labute approximate surface area is 122 Å². The quantitative estimate of drug-likeness (QED) is 0.641. The summed E-state index contributed by atoms with van der Waals surface area (Å²) in [5.74, 6) is -0.736. The zero-order valence-electron chi connectivity index (χ0n) is 8.95. The second-order valence-corrected chi connectivity index (χ2v) is 4.97. The van der Waals surface area contributed by atoms with Crippen LogP contribution in [0.5, 0.6) is 0 Å².